The van der Waals surface area contributed by atoms with Gasteiger partial charge in [-0.25, -0.2) is 4.79 Å². The molecule has 5 nitrogen and oxygen atoms in total. The summed E-state index contributed by atoms with van der Waals surface area (Å²) in [4.78, 5) is 24.8. The summed E-state index contributed by atoms with van der Waals surface area (Å²) in [5.41, 5.74) is 0.398. The average molecular weight is 282 g/mol. The number of likely N-dealkylation sites (tertiary alicyclic amines) is 1. The maximum atomic E-state index is 11.9. The van der Waals surface area contributed by atoms with E-state index >= 15 is 0 Å². The van der Waals surface area contributed by atoms with Crippen LogP contribution in [-0.2, 0) is 11.3 Å². The summed E-state index contributed by atoms with van der Waals surface area (Å²) in [7, 11) is 0. The summed E-state index contributed by atoms with van der Waals surface area (Å²) in [6.07, 6.45) is 1.02. The molecule has 1 aliphatic rings. The molecule has 104 valence electrons. The first kappa shape index (κ1) is 13.9. The van der Waals surface area contributed by atoms with Gasteiger partial charge in [-0.3, -0.25) is 4.79 Å². The van der Waals surface area contributed by atoms with E-state index in [1.54, 1.807) is 23.2 Å². The largest absolute Gasteiger partial charge is 0.481 e. The Morgan fingerprint density at radius 3 is 2.68 bits per heavy atom. The summed E-state index contributed by atoms with van der Waals surface area (Å²) in [6, 6.07) is 1.86. The number of piperidine rings is 1. The van der Waals surface area contributed by atoms with Crippen molar-refractivity contribution in [1.29, 1.82) is 0 Å². The van der Waals surface area contributed by atoms with Gasteiger partial charge in [0.2, 0.25) is 0 Å². The number of nitrogens with zero attached hydrogens (tertiary/aromatic N) is 1. The molecular weight excluding hydrogens is 264 g/mol. The van der Waals surface area contributed by atoms with E-state index in [4.69, 9.17) is 5.11 Å². The van der Waals surface area contributed by atoms with Gasteiger partial charge in [0.15, 0.2) is 0 Å². The van der Waals surface area contributed by atoms with E-state index in [1.807, 2.05) is 16.8 Å². The van der Waals surface area contributed by atoms with E-state index < -0.39 is 11.4 Å². The Balaban J connectivity index is 1.81. The van der Waals surface area contributed by atoms with E-state index in [9.17, 15) is 9.59 Å². The molecule has 2 heterocycles. The molecular formula is C13H18N2O3S. The molecule has 6 heteroatoms. The Morgan fingerprint density at radius 2 is 2.16 bits per heavy atom. The number of hydrogen-bond acceptors (Lipinski definition) is 3. The summed E-state index contributed by atoms with van der Waals surface area (Å²) in [5, 5.41) is 16.0. The lowest BCUT2D eigenvalue weighted by molar-refractivity contribution is -0.150. The molecule has 1 aromatic rings. The van der Waals surface area contributed by atoms with Crippen LogP contribution in [0.2, 0.25) is 0 Å². The Hall–Kier alpha value is -1.56. The lowest BCUT2D eigenvalue weighted by Crippen LogP contribution is -2.48. The number of carbonyl (C=O) groups is 2. The summed E-state index contributed by atoms with van der Waals surface area (Å²) < 4.78 is 0. The lowest BCUT2D eigenvalue weighted by atomic mass is 9.80. The van der Waals surface area contributed by atoms with Crippen LogP contribution in [0.25, 0.3) is 0 Å². The molecule has 2 rings (SSSR count). The number of aliphatic carboxylic acids is 1. The molecule has 0 atom stereocenters. The van der Waals surface area contributed by atoms with E-state index in [0.29, 0.717) is 32.5 Å². The summed E-state index contributed by atoms with van der Waals surface area (Å²) in [6.45, 7) is 3.27. The molecule has 1 aromatic heterocycles. The third-order valence-corrected chi connectivity index (χ3v) is 4.43. The van der Waals surface area contributed by atoms with Gasteiger partial charge in [-0.2, -0.15) is 11.3 Å². The average Bonchev–Trinajstić information content (AvgIpc) is 2.90. The number of hydrogen-bond donors (Lipinski definition) is 2. The molecule has 1 aliphatic heterocycles. The SMILES string of the molecule is CC1(C(=O)O)CCN(C(=O)NCc2ccsc2)CC1. The van der Waals surface area contributed by atoms with Crippen LogP contribution in [0.5, 0.6) is 0 Å². The second kappa shape index (κ2) is 5.61. The van der Waals surface area contributed by atoms with Crippen LogP contribution < -0.4 is 5.32 Å². The van der Waals surface area contributed by atoms with Crippen molar-refractivity contribution in [1.82, 2.24) is 10.2 Å². The Morgan fingerprint density at radius 1 is 1.47 bits per heavy atom. The topological polar surface area (TPSA) is 69.6 Å². The zero-order chi connectivity index (χ0) is 13.9. The van der Waals surface area contributed by atoms with Gasteiger partial charge in [0.25, 0.3) is 0 Å². The third-order valence-electron chi connectivity index (χ3n) is 3.69. The highest BCUT2D eigenvalue weighted by Crippen LogP contribution is 2.30. The third kappa shape index (κ3) is 3.26. The molecule has 0 aromatic carbocycles. The molecule has 0 radical (unpaired) electrons. The summed E-state index contributed by atoms with van der Waals surface area (Å²) in [5.74, 6) is -0.772. The van der Waals surface area contributed by atoms with Crippen molar-refractivity contribution in [2.45, 2.75) is 26.3 Å². The summed E-state index contributed by atoms with van der Waals surface area (Å²) >= 11 is 1.60. The predicted octanol–water partition coefficient (Wildman–Crippen LogP) is 2.14. The highest BCUT2D eigenvalue weighted by molar-refractivity contribution is 7.07. The predicted molar refractivity (Wildman–Crippen MR) is 73.1 cm³/mol. The van der Waals surface area contributed by atoms with Crippen LogP contribution in [0.15, 0.2) is 16.8 Å². The van der Waals surface area contributed by atoms with Crippen molar-refractivity contribution in [2.24, 2.45) is 5.41 Å². The highest BCUT2D eigenvalue weighted by atomic mass is 32.1. The van der Waals surface area contributed by atoms with Crippen molar-refractivity contribution in [3.05, 3.63) is 22.4 Å². The second-order valence-electron chi connectivity index (χ2n) is 5.14. The normalized spacial score (nSPS) is 18.1. The molecule has 0 bridgehead atoms. The fourth-order valence-corrected chi connectivity index (χ4v) is 2.77. The maximum Gasteiger partial charge on any atom is 0.317 e. The zero-order valence-electron chi connectivity index (χ0n) is 10.9. The number of carboxylic acids is 1. The van der Waals surface area contributed by atoms with Crippen molar-refractivity contribution < 1.29 is 14.7 Å². The van der Waals surface area contributed by atoms with Crippen LogP contribution >= 0.6 is 11.3 Å². The number of urea groups is 1. The molecule has 19 heavy (non-hydrogen) atoms. The van der Waals surface area contributed by atoms with Crippen molar-refractivity contribution in [2.75, 3.05) is 13.1 Å². The van der Waals surface area contributed by atoms with E-state index in [-0.39, 0.29) is 6.03 Å². The first-order valence-electron chi connectivity index (χ1n) is 6.28. The van der Waals surface area contributed by atoms with Gasteiger partial charge >= 0.3 is 12.0 Å². The smallest absolute Gasteiger partial charge is 0.317 e. The molecule has 0 unspecified atom stereocenters. The van der Waals surface area contributed by atoms with Gasteiger partial charge in [-0.1, -0.05) is 0 Å². The molecule has 1 fully saturated rings. The van der Waals surface area contributed by atoms with E-state index in [1.165, 1.54) is 0 Å². The number of rotatable bonds is 3. The number of nitrogens with one attached hydrogen (secondary N) is 1. The first-order valence-corrected chi connectivity index (χ1v) is 7.23. The first-order chi connectivity index (χ1) is 9.01. The number of carboxylic acid groups (broad SMARTS) is 1. The Bertz CT molecular complexity index is 450. The maximum absolute atomic E-state index is 11.9. The molecule has 0 spiro atoms. The monoisotopic (exact) mass is 282 g/mol. The molecule has 2 N–H and O–H groups in total. The van der Waals surface area contributed by atoms with Gasteiger partial charge in [-0.15, -0.1) is 0 Å². The number of carbonyl (C=O) groups excluding carboxylic acids is 1. The minimum absolute atomic E-state index is 0.112. The molecule has 2 amide bonds. The van der Waals surface area contributed by atoms with Crippen molar-refractivity contribution >= 4 is 23.3 Å². The molecule has 0 aliphatic carbocycles. The zero-order valence-corrected chi connectivity index (χ0v) is 11.7. The molecule has 0 saturated carbocycles. The van der Waals surface area contributed by atoms with Crippen LogP contribution in [0.1, 0.15) is 25.3 Å². The van der Waals surface area contributed by atoms with Gasteiger partial charge in [0.1, 0.15) is 0 Å². The van der Waals surface area contributed by atoms with E-state index in [0.717, 1.165) is 5.56 Å². The van der Waals surface area contributed by atoms with E-state index in [2.05, 4.69) is 5.32 Å². The van der Waals surface area contributed by atoms with Crippen molar-refractivity contribution in [3.8, 4) is 0 Å². The van der Waals surface area contributed by atoms with Crippen LogP contribution in [0.4, 0.5) is 4.79 Å². The van der Waals surface area contributed by atoms with Crippen LogP contribution in [0, 0.1) is 5.41 Å². The van der Waals surface area contributed by atoms with Crippen LogP contribution in [-0.4, -0.2) is 35.1 Å². The lowest BCUT2D eigenvalue weighted by Gasteiger charge is -2.36. The fourth-order valence-electron chi connectivity index (χ4n) is 2.10. The standard InChI is InChI=1S/C13H18N2O3S/c1-13(11(16)17)3-5-15(6-4-13)12(18)14-8-10-2-7-19-9-10/h2,7,9H,3-6,8H2,1H3,(H,14,18)(H,16,17). The molecule has 1 saturated heterocycles. The Kier molecular flexibility index (Phi) is 4.09. The Labute approximate surface area is 116 Å². The minimum atomic E-state index is -0.772. The van der Waals surface area contributed by atoms with Gasteiger partial charge in [0.05, 0.1) is 5.41 Å². The highest BCUT2D eigenvalue weighted by Gasteiger charge is 2.37. The van der Waals surface area contributed by atoms with Crippen LogP contribution in [0.3, 0.4) is 0 Å². The minimum Gasteiger partial charge on any atom is -0.481 e. The van der Waals surface area contributed by atoms with Gasteiger partial charge < -0.3 is 15.3 Å². The van der Waals surface area contributed by atoms with Gasteiger partial charge in [-0.05, 0) is 42.2 Å². The second-order valence-corrected chi connectivity index (χ2v) is 5.92. The number of thiophene rings is 1. The fraction of sp³-hybridized carbons (Fsp3) is 0.538. The number of amides is 2. The quantitative estimate of drug-likeness (QED) is 0.892. The van der Waals surface area contributed by atoms with Crippen molar-refractivity contribution in [3.63, 3.8) is 0 Å². The van der Waals surface area contributed by atoms with Gasteiger partial charge in [0, 0.05) is 19.6 Å².